The van der Waals surface area contributed by atoms with Crippen LogP contribution in [0, 0.1) is 0 Å². The first kappa shape index (κ1) is 20.0. The maximum absolute atomic E-state index is 12.0. The molecule has 138 valence electrons. The Morgan fingerprint density at radius 2 is 1.73 bits per heavy atom. The summed E-state index contributed by atoms with van der Waals surface area (Å²) in [4.78, 5) is 25.9. The highest BCUT2D eigenvalue weighted by atomic mass is 32.2. The zero-order valence-corrected chi connectivity index (χ0v) is 16.1. The van der Waals surface area contributed by atoms with Gasteiger partial charge in [0.15, 0.2) is 6.54 Å². The van der Waals surface area contributed by atoms with E-state index in [1.165, 1.54) is 4.90 Å². The lowest BCUT2D eigenvalue weighted by Crippen LogP contribution is -3.08. The SMILES string of the molecule is CNC(=O)c1ccc(C[NH+](C)CC(=O)NCCSc2ccccc2)cc1. The Morgan fingerprint density at radius 1 is 1.04 bits per heavy atom. The predicted molar refractivity (Wildman–Crippen MR) is 105 cm³/mol. The molecule has 2 rings (SSSR count). The van der Waals surface area contributed by atoms with E-state index in [9.17, 15) is 9.59 Å². The molecule has 0 aliphatic carbocycles. The zero-order valence-electron chi connectivity index (χ0n) is 15.2. The summed E-state index contributed by atoms with van der Waals surface area (Å²) in [7, 11) is 3.61. The zero-order chi connectivity index (χ0) is 18.8. The van der Waals surface area contributed by atoms with Crippen LogP contribution in [-0.4, -0.2) is 44.8 Å². The molecule has 0 fully saturated rings. The average Bonchev–Trinajstić information content (AvgIpc) is 2.66. The van der Waals surface area contributed by atoms with Gasteiger partial charge in [-0.05, 0) is 24.3 Å². The fourth-order valence-corrected chi connectivity index (χ4v) is 3.33. The fraction of sp³-hybridized carbons (Fsp3) is 0.300. The van der Waals surface area contributed by atoms with Gasteiger partial charge >= 0.3 is 0 Å². The van der Waals surface area contributed by atoms with Crippen LogP contribution in [0.3, 0.4) is 0 Å². The van der Waals surface area contributed by atoms with Crippen LogP contribution in [0.15, 0.2) is 59.5 Å². The first-order valence-corrected chi connectivity index (χ1v) is 9.64. The average molecular weight is 373 g/mol. The normalized spacial score (nSPS) is 11.6. The summed E-state index contributed by atoms with van der Waals surface area (Å²) < 4.78 is 0. The highest BCUT2D eigenvalue weighted by molar-refractivity contribution is 7.99. The molecular formula is C20H26N3O2S+. The summed E-state index contributed by atoms with van der Waals surface area (Å²) in [5.74, 6) is 0.818. The number of nitrogens with one attached hydrogen (secondary N) is 3. The van der Waals surface area contributed by atoms with Crippen molar-refractivity contribution in [2.45, 2.75) is 11.4 Å². The molecular weight excluding hydrogens is 346 g/mol. The fourth-order valence-electron chi connectivity index (χ4n) is 2.54. The van der Waals surface area contributed by atoms with Crippen molar-refractivity contribution in [2.75, 3.05) is 32.9 Å². The van der Waals surface area contributed by atoms with Gasteiger partial charge < -0.3 is 15.5 Å². The highest BCUT2D eigenvalue weighted by Gasteiger charge is 2.11. The van der Waals surface area contributed by atoms with Gasteiger partial charge in [0, 0.05) is 35.4 Å². The Hall–Kier alpha value is -2.31. The molecule has 0 aliphatic heterocycles. The molecule has 2 amide bonds. The van der Waals surface area contributed by atoms with Gasteiger partial charge in [0.05, 0.1) is 7.05 Å². The van der Waals surface area contributed by atoms with Crippen LogP contribution in [0.5, 0.6) is 0 Å². The molecule has 26 heavy (non-hydrogen) atoms. The van der Waals surface area contributed by atoms with Gasteiger partial charge in [-0.2, -0.15) is 0 Å². The van der Waals surface area contributed by atoms with E-state index in [1.807, 2.05) is 49.5 Å². The third-order valence-corrected chi connectivity index (χ3v) is 4.86. The molecule has 0 heterocycles. The van der Waals surface area contributed by atoms with Crippen molar-refractivity contribution in [1.29, 1.82) is 0 Å². The quantitative estimate of drug-likeness (QED) is 0.454. The van der Waals surface area contributed by atoms with E-state index >= 15 is 0 Å². The minimum Gasteiger partial charge on any atom is -0.355 e. The third-order valence-electron chi connectivity index (χ3n) is 3.85. The number of quaternary nitrogens is 1. The number of carbonyl (C=O) groups excluding carboxylic acids is 2. The van der Waals surface area contributed by atoms with Crippen LogP contribution in [-0.2, 0) is 11.3 Å². The van der Waals surface area contributed by atoms with Gasteiger partial charge in [0.25, 0.3) is 11.8 Å². The van der Waals surface area contributed by atoms with E-state index in [0.717, 1.165) is 22.8 Å². The van der Waals surface area contributed by atoms with Crippen LogP contribution in [0.1, 0.15) is 15.9 Å². The number of thioether (sulfide) groups is 1. The van der Waals surface area contributed by atoms with Gasteiger partial charge in [-0.15, -0.1) is 11.8 Å². The lowest BCUT2D eigenvalue weighted by atomic mass is 10.1. The first-order valence-electron chi connectivity index (χ1n) is 8.65. The Labute approximate surface area is 159 Å². The summed E-state index contributed by atoms with van der Waals surface area (Å²) >= 11 is 1.74. The van der Waals surface area contributed by atoms with E-state index in [4.69, 9.17) is 0 Å². The smallest absolute Gasteiger partial charge is 0.275 e. The van der Waals surface area contributed by atoms with Gasteiger partial charge in [0.1, 0.15) is 6.54 Å². The maximum atomic E-state index is 12.0. The summed E-state index contributed by atoms with van der Waals surface area (Å²) in [6.07, 6.45) is 0. The number of likely N-dealkylation sites (N-methyl/N-ethyl adjacent to an activating group) is 1. The monoisotopic (exact) mass is 372 g/mol. The van der Waals surface area contributed by atoms with E-state index in [-0.39, 0.29) is 11.8 Å². The molecule has 0 bridgehead atoms. The number of amides is 2. The summed E-state index contributed by atoms with van der Waals surface area (Å²) in [5, 5.41) is 5.57. The molecule has 0 saturated carbocycles. The lowest BCUT2D eigenvalue weighted by molar-refractivity contribution is -0.885. The Bertz CT molecular complexity index is 705. The topological polar surface area (TPSA) is 62.6 Å². The standard InChI is InChI=1S/C20H25N3O2S/c1-21-20(25)17-10-8-16(9-11-17)14-23(2)15-19(24)22-12-13-26-18-6-4-3-5-7-18/h3-11H,12-15H2,1-2H3,(H,21,25)(H,22,24)/p+1. The molecule has 0 saturated heterocycles. The highest BCUT2D eigenvalue weighted by Crippen LogP contribution is 2.15. The molecule has 0 aromatic heterocycles. The second-order valence-electron chi connectivity index (χ2n) is 6.10. The van der Waals surface area contributed by atoms with Crippen LogP contribution in [0.25, 0.3) is 0 Å². The summed E-state index contributed by atoms with van der Waals surface area (Å²) in [5.41, 5.74) is 1.74. The molecule has 0 spiro atoms. The Balaban J connectivity index is 1.67. The first-order chi connectivity index (χ1) is 12.6. The minimum absolute atomic E-state index is 0.0538. The van der Waals surface area contributed by atoms with Crippen molar-refractivity contribution in [3.05, 3.63) is 65.7 Å². The number of carbonyl (C=O) groups is 2. The second kappa shape index (κ2) is 10.6. The van der Waals surface area contributed by atoms with E-state index < -0.39 is 0 Å². The van der Waals surface area contributed by atoms with Gasteiger partial charge in [-0.1, -0.05) is 30.3 Å². The van der Waals surface area contributed by atoms with E-state index in [1.54, 1.807) is 18.8 Å². The molecule has 2 aromatic carbocycles. The van der Waals surface area contributed by atoms with Gasteiger partial charge in [0.2, 0.25) is 0 Å². The van der Waals surface area contributed by atoms with Crippen LogP contribution in [0.4, 0.5) is 0 Å². The van der Waals surface area contributed by atoms with Crippen molar-refractivity contribution in [3.8, 4) is 0 Å². The van der Waals surface area contributed by atoms with Crippen molar-refractivity contribution < 1.29 is 14.5 Å². The molecule has 1 unspecified atom stereocenters. The van der Waals surface area contributed by atoms with Crippen molar-refractivity contribution in [1.82, 2.24) is 10.6 Å². The van der Waals surface area contributed by atoms with Crippen molar-refractivity contribution in [3.63, 3.8) is 0 Å². The molecule has 0 aliphatic rings. The maximum Gasteiger partial charge on any atom is 0.275 e. The molecule has 1 atom stereocenters. The Kier molecular flexibility index (Phi) is 8.18. The summed E-state index contributed by atoms with van der Waals surface area (Å²) in [6, 6.07) is 17.6. The molecule has 6 heteroatoms. The van der Waals surface area contributed by atoms with E-state index in [2.05, 4.69) is 22.8 Å². The molecule has 5 nitrogen and oxygen atoms in total. The van der Waals surface area contributed by atoms with Crippen molar-refractivity contribution in [2.24, 2.45) is 0 Å². The van der Waals surface area contributed by atoms with Crippen molar-refractivity contribution >= 4 is 23.6 Å². The number of hydrogen-bond donors (Lipinski definition) is 3. The molecule has 2 aromatic rings. The van der Waals surface area contributed by atoms with Crippen LogP contribution < -0.4 is 15.5 Å². The van der Waals surface area contributed by atoms with Gasteiger partial charge in [-0.3, -0.25) is 9.59 Å². The lowest BCUT2D eigenvalue weighted by Gasteiger charge is -2.14. The van der Waals surface area contributed by atoms with Crippen LogP contribution in [0.2, 0.25) is 0 Å². The largest absolute Gasteiger partial charge is 0.355 e. The Morgan fingerprint density at radius 3 is 2.38 bits per heavy atom. The minimum atomic E-state index is -0.0926. The number of rotatable bonds is 9. The number of benzene rings is 2. The third kappa shape index (κ3) is 6.90. The van der Waals surface area contributed by atoms with Crippen LogP contribution >= 0.6 is 11.8 Å². The molecule has 3 N–H and O–H groups in total. The van der Waals surface area contributed by atoms with E-state index in [0.29, 0.717) is 18.7 Å². The van der Waals surface area contributed by atoms with Gasteiger partial charge in [-0.25, -0.2) is 0 Å². The second-order valence-corrected chi connectivity index (χ2v) is 7.27. The molecule has 0 radical (unpaired) electrons. The summed E-state index contributed by atoms with van der Waals surface area (Å²) in [6.45, 7) is 1.82. The predicted octanol–water partition coefficient (Wildman–Crippen LogP) is 0.969. The number of hydrogen-bond acceptors (Lipinski definition) is 3.